The maximum Gasteiger partial charge on any atom is 0.0268 e. The van der Waals surface area contributed by atoms with E-state index in [1.54, 1.807) is 0 Å². The van der Waals surface area contributed by atoms with Gasteiger partial charge in [0.2, 0.25) is 0 Å². The smallest absolute Gasteiger partial charge is 0.0268 e. The number of rotatable bonds is 6. The second kappa shape index (κ2) is 6.04. The van der Waals surface area contributed by atoms with Gasteiger partial charge in [-0.05, 0) is 74.0 Å². The predicted octanol–water partition coefficient (Wildman–Crippen LogP) is 5.70. The van der Waals surface area contributed by atoms with Crippen LogP contribution in [0.15, 0.2) is 0 Å². The van der Waals surface area contributed by atoms with Gasteiger partial charge in [-0.15, -0.1) is 12.4 Å². The van der Waals surface area contributed by atoms with Crippen LogP contribution in [0.3, 0.4) is 0 Å². The molecule has 0 spiro atoms. The lowest BCUT2D eigenvalue weighted by Crippen LogP contribution is -2.74. The van der Waals surface area contributed by atoms with E-state index in [9.17, 15) is 0 Å². The summed E-state index contributed by atoms with van der Waals surface area (Å²) in [7, 11) is 0. The molecule has 4 rings (SSSR count). The van der Waals surface area contributed by atoms with Crippen LogP contribution in [-0.2, 0) is 0 Å². The zero-order valence-electron chi connectivity index (χ0n) is 14.4. The number of hydrogen-bond donors (Lipinski definition) is 1. The standard InChI is InChI=1S/C19H35N.ClH/c1-4-7-17-11-15-10-16(12-17)14-18(13-15,8-5-2)19(17,20)9-6-3;/h15-16H,4-14,20H2,1-3H3;1H. The normalized spacial score (nSPS) is 47.4. The van der Waals surface area contributed by atoms with Gasteiger partial charge in [0.15, 0.2) is 0 Å². The molecule has 0 saturated heterocycles. The topological polar surface area (TPSA) is 26.0 Å². The van der Waals surface area contributed by atoms with Crippen molar-refractivity contribution in [3.8, 4) is 0 Å². The van der Waals surface area contributed by atoms with Crippen molar-refractivity contribution in [1.29, 1.82) is 0 Å². The first-order valence-corrected chi connectivity index (χ1v) is 9.33. The largest absolute Gasteiger partial charge is 0.324 e. The molecule has 0 aliphatic heterocycles. The summed E-state index contributed by atoms with van der Waals surface area (Å²) in [6.07, 6.45) is 15.3. The molecule has 1 nitrogen and oxygen atoms in total. The van der Waals surface area contributed by atoms with Crippen molar-refractivity contribution in [3.63, 3.8) is 0 Å². The minimum Gasteiger partial charge on any atom is -0.324 e. The van der Waals surface area contributed by atoms with E-state index in [0.717, 1.165) is 11.8 Å². The molecule has 4 aliphatic rings. The molecule has 4 bridgehead atoms. The third kappa shape index (κ3) is 2.29. The van der Waals surface area contributed by atoms with E-state index in [1.165, 1.54) is 70.6 Å². The molecule has 2 N–H and O–H groups in total. The first kappa shape index (κ1) is 17.6. The van der Waals surface area contributed by atoms with Gasteiger partial charge in [-0.3, -0.25) is 0 Å². The minimum absolute atomic E-state index is 0. The van der Waals surface area contributed by atoms with Gasteiger partial charge in [-0.1, -0.05) is 40.0 Å². The lowest BCUT2D eigenvalue weighted by molar-refractivity contribution is -0.192. The van der Waals surface area contributed by atoms with Crippen LogP contribution in [-0.4, -0.2) is 5.54 Å². The Hall–Kier alpha value is 0.250. The zero-order valence-corrected chi connectivity index (χ0v) is 15.2. The van der Waals surface area contributed by atoms with E-state index in [-0.39, 0.29) is 17.9 Å². The highest BCUT2D eigenvalue weighted by molar-refractivity contribution is 5.85. The summed E-state index contributed by atoms with van der Waals surface area (Å²) in [5.41, 5.74) is 8.49. The Balaban J connectivity index is 0.00000161. The highest BCUT2D eigenvalue weighted by Crippen LogP contribution is 2.72. The van der Waals surface area contributed by atoms with Gasteiger partial charge < -0.3 is 5.73 Å². The number of nitrogens with two attached hydrogens (primary N) is 1. The molecular formula is C19H36ClN. The minimum atomic E-state index is 0. The molecule has 4 aliphatic carbocycles. The van der Waals surface area contributed by atoms with Crippen molar-refractivity contribution in [2.45, 2.75) is 96.9 Å². The molecule has 4 fully saturated rings. The van der Waals surface area contributed by atoms with Gasteiger partial charge in [-0.25, -0.2) is 0 Å². The van der Waals surface area contributed by atoms with Gasteiger partial charge in [0, 0.05) is 5.54 Å². The van der Waals surface area contributed by atoms with E-state index < -0.39 is 0 Å². The average Bonchev–Trinajstić information content (AvgIpc) is 2.36. The Kier molecular flexibility index (Phi) is 5.06. The quantitative estimate of drug-likeness (QED) is 0.668. The van der Waals surface area contributed by atoms with Crippen LogP contribution in [0.25, 0.3) is 0 Å². The van der Waals surface area contributed by atoms with Gasteiger partial charge in [-0.2, -0.15) is 0 Å². The average molecular weight is 314 g/mol. The summed E-state index contributed by atoms with van der Waals surface area (Å²) < 4.78 is 0. The van der Waals surface area contributed by atoms with Crippen LogP contribution in [0, 0.1) is 22.7 Å². The second-order valence-corrected chi connectivity index (χ2v) is 8.57. The maximum atomic E-state index is 7.34. The monoisotopic (exact) mass is 313 g/mol. The summed E-state index contributed by atoms with van der Waals surface area (Å²) in [5.74, 6) is 2.02. The molecule has 0 radical (unpaired) electrons. The number of hydrogen-bond acceptors (Lipinski definition) is 1. The van der Waals surface area contributed by atoms with Gasteiger partial charge in [0.1, 0.15) is 0 Å². The highest BCUT2D eigenvalue weighted by Gasteiger charge is 2.68. The van der Waals surface area contributed by atoms with Crippen molar-refractivity contribution in [1.82, 2.24) is 0 Å². The summed E-state index contributed by atoms with van der Waals surface area (Å²) in [6, 6.07) is 0. The second-order valence-electron chi connectivity index (χ2n) is 8.57. The van der Waals surface area contributed by atoms with Crippen LogP contribution < -0.4 is 5.73 Å². The SMILES string of the molecule is CCCC12CC3CC(C1)CC(CCC)(C3)C2(N)CCC.Cl. The van der Waals surface area contributed by atoms with Crippen LogP contribution in [0.5, 0.6) is 0 Å². The van der Waals surface area contributed by atoms with Crippen molar-refractivity contribution in [3.05, 3.63) is 0 Å². The van der Waals surface area contributed by atoms with Crippen LogP contribution in [0.2, 0.25) is 0 Å². The predicted molar refractivity (Wildman–Crippen MR) is 93.8 cm³/mol. The lowest BCUT2D eigenvalue weighted by Gasteiger charge is -2.72. The zero-order chi connectivity index (χ0) is 14.4. The Morgan fingerprint density at radius 3 is 1.48 bits per heavy atom. The molecule has 2 heteroatoms. The molecular weight excluding hydrogens is 278 g/mol. The Morgan fingerprint density at radius 1 is 0.762 bits per heavy atom. The highest BCUT2D eigenvalue weighted by atomic mass is 35.5. The molecule has 0 heterocycles. The molecule has 0 amide bonds. The van der Waals surface area contributed by atoms with Crippen LogP contribution >= 0.6 is 12.4 Å². The van der Waals surface area contributed by atoms with Gasteiger partial charge in [0.25, 0.3) is 0 Å². The third-order valence-electron chi connectivity index (χ3n) is 7.38. The summed E-state index contributed by atoms with van der Waals surface area (Å²) in [5, 5.41) is 0. The van der Waals surface area contributed by atoms with Crippen LogP contribution in [0.4, 0.5) is 0 Å². The van der Waals surface area contributed by atoms with E-state index in [2.05, 4.69) is 20.8 Å². The van der Waals surface area contributed by atoms with E-state index in [4.69, 9.17) is 5.73 Å². The van der Waals surface area contributed by atoms with Crippen molar-refractivity contribution < 1.29 is 0 Å². The summed E-state index contributed by atoms with van der Waals surface area (Å²) >= 11 is 0. The molecule has 21 heavy (non-hydrogen) atoms. The Morgan fingerprint density at radius 2 is 1.14 bits per heavy atom. The van der Waals surface area contributed by atoms with E-state index >= 15 is 0 Å². The van der Waals surface area contributed by atoms with Crippen molar-refractivity contribution in [2.75, 3.05) is 0 Å². The summed E-state index contributed by atoms with van der Waals surface area (Å²) in [6.45, 7) is 7.09. The first-order valence-electron chi connectivity index (χ1n) is 9.33. The molecule has 0 aromatic rings. The first-order chi connectivity index (χ1) is 9.55. The van der Waals surface area contributed by atoms with Gasteiger partial charge in [0.05, 0.1) is 0 Å². The van der Waals surface area contributed by atoms with Crippen molar-refractivity contribution >= 4 is 12.4 Å². The lowest BCUT2D eigenvalue weighted by atomic mass is 9.34. The molecule has 0 unspecified atom stereocenters. The molecule has 124 valence electrons. The van der Waals surface area contributed by atoms with Gasteiger partial charge >= 0.3 is 0 Å². The fourth-order valence-electron chi connectivity index (χ4n) is 7.35. The fourth-order valence-corrected chi connectivity index (χ4v) is 7.35. The van der Waals surface area contributed by atoms with E-state index in [0.29, 0.717) is 10.8 Å². The Labute approximate surface area is 138 Å². The summed E-state index contributed by atoms with van der Waals surface area (Å²) in [4.78, 5) is 0. The van der Waals surface area contributed by atoms with Crippen LogP contribution in [0.1, 0.15) is 91.4 Å². The molecule has 0 aromatic heterocycles. The maximum absolute atomic E-state index is 7.34. The van der Waals surface area contributed by atoms with E-state index in [1.807, 2.05) is 0 Å². The molecule has 0 aromatic carbocycles. The molecule has 4 saturated carbocycles. The number of halogens is 1. The van der Waals surface area contributed by atoms with Crippen molar-refractivity contribution in [2.24, 2.45) is 28.4 Å². The fraction of sp³-hybridized carbons (Fsp3) is 1.00. The third-order valence-corrected chi connectivity index (χ3v) is 7.38. The Bertz CT molecular complexity index is 325. The molecule has 0 atom stereocenters.